The van der Waals surface area contributed by atoms with Gasteiger partial charge in [0.1, 0.15) is 54.6 Å². The summed E-state index contributed by atoms with van der Waals surface area (Å²) < 4.78 is 129. The third-order valence-electron chi connectivity index (χ3n) is 11.0. The molecular formula is C43H31N9O25S7. The summed E-state index contributed by atoms with van der Waals surface area (Å²) in [5.41, 5.74) is 2.57. The summed E-state index contributed by atoms with van der Waals surface area (Å²) in [4.78, 5) is -2.83. The summed E-state index contributed by atoms with van der Waals surface area (Å²) in [6.07, 6.45) is 0. The number of methoxy groups -OCH3 is 1. The first-order valence-corrected chi connectivity index (χ1v) is 29.0. The molecule has 84 heavy (non-hydrogen) atoms. The fourth-order valence-corrected chi connectivity index (χ4v) is 11.2. The molecule has 8 aromatic rings. The third-order valence-corrected chi connectivity index (χ3v) is 16.1. The van der Waals surface area contributed by atoms with Crippen molar-refractivity contribution in [2.45, 2.75) is 34.3 Å². The molecule has 0 spiro atoms. The van der Waals surface area contributed by atoms with Crippen LogP contribution in [-0.2, 0) is 67.8 Å². The number of hydrogen-bond acceptors (Lipinski definition) is 35. The van der Waals surface area contributed by atoms with Gasteiger partial charge in [-0.1, -0.05) is 26.2 Å². The van der Waals surface area contributed by atoms with Crippen LogP contribution in [0.25, 0.3) is 32.3 Å². The number of aromatic hydroxyl groups is 3. The Labute approximate surface area is 484 Å². The highest BCUT2D eigenvalue weighted by Gasteiger charge is 2.27. The summed E-state index contributed by atoms with van der Waals surface area (Å²) in [6, 6.07) is 19.0. The van der Waals surface area contributed by atoms with E-state index in [1.807, 2.05) is 0 Å². The maximum Gasteiger partial charge on any atom is 0.296 e. The van der Waals surface area contributed by atoms with Gasteiger partial charge in [0.15, 0.2) is 17.2 Å². The number of nitrogen functional groups attached to an aromatic ring is 1. The van der Waals surface area contributed by atoms with Gasteiger partial charge in [-0.25, -0.2) is 21.0 Å². The van der Waals surface area contributed by atoms with Crippen LogP contribution in [0.3, 0.4) is 0 Å². The zero-order chi connectivity index (χ0) is 60.7. The highest BCUT2D eigenvalue weighted by atomic mass is 32.2. The van der Waals surface area contributed by atoms with Crippen LogP contribution in [0.2, 0.25) is 0 Å². The lowest BCUT2D eigenvalue weighted by Crippen LogP contribution is -2.02. The van der Waals surface area contributed by atoms with Gasteiger partial charge in [0.05, 0.1) is 92.4 Å². The Morgan fingerprint density at radius 2 is 0.940 bits per heavy atom. The second-order valence-electron chi connectivity index (χ2n) is 15.9. The van der Waals surface area contributed by atoms with Crippen molar-refractivity contribution >= 4 is 162 Å². The molecule has 0 saturated heterocycles. The van der Waals surface area contributed by atoms with Crippen molar-refractivity contribution in [2.24, 2.45) is 40.9 Å². The van der Waals surface area contributed by atoms with Crippen LogP contribution in [0.4, 0.5) is 51.2 Å². The molecule has 0 bridgehead atoms. The Balaban J connectivity index is 1.19. The van der Waals surface area contributed by atoms with E-state index in [1.165, 1.54) is 61.7 Å². The van der Waals surface area contributed by atoms with Gasteiger partial charge in [0, 0.05) is 15.7 Å². The Kier molecular flexibility index (Phi) is 19.9. The quantitative estimate of drug-likeness (QED) is 0.00668. The van der Waals surface area contributed by atoms with Crippen molar-refractivity contribution in [3.8, 4) is 23.0 Å². The molecule has 0 heterocycles. The topological polar surface area (TPSA) is 513 Å². The van der Waals surface area contributed by atoms with Gasteiger partial charge in [-0.05, 0) is 107 Å². The molecule has 0 radical (unpaired) electrons. The maximum absolute atomic E-state index is 12.9. The molecule has 0 aliphatic heterocycles. The number of phenolic OH excluding ortho intramolecular Hbond substituents is 3. The minimum absolute atomic E-state index is 0.0148. The molecular weight excluding hydrogens is 1270 g/mol. The summed E-state index contributed by atoms with van der Waals surface area (Å²) in [7, 11) is -14.0. The number of benzene rings is 8. The van der Waals surface area contributed by atoms with E-state index < -0.39 is 102 Å². The van der Waals surface area contributed by atoms with Crippen molar-refractivity contribution in [1.82, 2.24) is 0 Å². The second kappa shape index (κ2) is 26.7. The van der Waals surface area contributed by atoms with E-state index in [9.17, 15) is 54.2 Å². The predicted octanol–water partition coefficient (Wildman–Crippen LogP) is 13.0. The number of azo groups is 4. The Morgan fingerprint density at radius 1 is 0.429 bits per heavy atom. The number of nitrogens with two attached hydrogens (primary N) is 1. The first-order chi connectivity index (χ1) is 40.0. The lowest BCUT2D eigenvalue weighted by Gasteiger charge is -2.14. The van der Waals surface area contributed by atoms with Crippen LogP contribution < -0.4 is 10.5 Å². The molecule has 0 aliphatic rings. The standard InChI is InChI=1S/C43H31N9O25S7/c1-69-23-5-8-27(29(16-23)79-75-71-57)47-52-40-34(84(66,67)68)13-19-10-21(4-7-25(19)41(40)53)45-51-39-33(83(63,64)65)14-20-12-31(81-77-73-59)38(43(55)35(20)36(39)44)49-46-22-3-2-18-11-30(80-76-72-58)37(42(54)26(18)15-22)50-48-28-17-24(78-74-70-56)6-9-32(28)82(60,61)62/h2-17,53-59H,44H2,1H3,(H,60,61,62)(H,63,64,65)(H,66,67,68). The zero-order valence-corrected chi connectivity index (χ0v) is 46.6. The van der Waals surface area contributed by atoms with Gasteiger partial charge in [-0.15, -0.1) is 48.0 Å². The SMILES string of the molecule is COc1ccc(N=Nc2c(S(=O)(=O)O)cc3cc(N=Nc4c(S(=O)(=O)O)cc5cc(SOOO)c(N=Nc6ccc7cc(SOOO)c(N=Nc8cc(SOOO)ccc8S(=O)(=O)O)c(O)c7c6)c(O)c5c4N)ccc3c2O)c(SOOO)c1. The normalized spacial score (nSPS) is 12.7. The summed E-state index contributed by atoms with van der Waals surface area (Å²) in [5, 5.41) is 116. The molecule has 0 atom stereocenters. The molecule has 0 fully saturated rings. The molecule has 440 valence electrons. The van der Waals surface area contributed by atoms with Gasteiger partial charge in [-0.3, -0.25) is 13.7 Å². The molecule has 0 aromatic heterocycles. The Hall–Kier alpha value is -7.41. The van der Waals surface area contributed by atoms with Crippen LogP contribution in [-0.4, -0.2) is 82.4 Å². The molecule has 41 heteroatoms. The fraction of sp³-hybridized carbons (Fsp3) is 0.0233. The van der Waals surface area contributed by atoms with Gasteiger partial charge in [-0.2, -0.15) is 35.5 Å². The lowest BCUT2D eigenvalue weighted by molar-refractivity contribution is -0.432. The Morgan fingerprint density at radius 3 is 1.57 bits per heavy atom. The number of nitrogens with zero attached hydrogens (tertiary/aromatic N) is 8. The monoisotopic (exact) mass is 1300 g/mol. The van der Waals surface area contributed by atoms with E-state index >= 15 is 0 Å². The van der Waals surface area contributed by atoms with E-state index in [0.717, 1.165) is 42.5 Å². The van der Waals surface area contributed by atoms with Gasteiger partial charge in [0.25, 0.3) is 30.4 Å². The van der Waals surface area contributed by atoms with Crippen molar-refractivity contribution in [2.75, 3.05) is 12.8 Å². The highest BCUT2D eigenvalue weighted by Crippen LogP contribution is 2.51. The van der Waals surface area contributed by atoms with Gasteiger partial charge < -0.3 is 25.8 Å². The lowest BCUT2D eigenvalue weighted by atomic mass is 10.0. The Bertz CT molecular complexity index is 4380. The van der Waals surface area contributed by atoms with E-state index in [2.05, 4.69) is 78.4 Å². The molecule has 8 rings (SSSR count). The molecule has 8 aromatic carbocycles. The van der Waals surface area contributed by atoms with Crippen LogP contribution in [0.15, 0.2) is 172 Å². The molecule has 12 N–H and O–H groups in total. The minimum atomic E-state index is -5.27. The average Bonchev–Trinajstić information content (AvgIpc) is 0.905. The molecule has 34 nitrogen and oxygen atoms in total. The smallest absolute Gasteiger partial charge is 0.296 e. The first-order valence-electron chi connectivity index (χ1n) is 21.7. The molecule has 0 aliphatic carbocycles. The number of ether oxygens (including phenoxy) is 1. The maximum atomic E-state index is 12.9. The molecule has 0 unspecified atom stereocenters. The zero-order valence-electron chi connectivity index (χ0n) is 40.8. The fourth-order valence-electron chi connectivity index (χ4n) is 7.47. The van der Waals surface area contributed by atoms with Gasteiger partial charge in [0.2, 0.25) is 0 Å². The van der Waals surface area contributed by atoms with E-state index in [-0.39, 0.29) is 75.6 Å². The summed E-state index contributed by atoms with van der Waals surface area (Å²) in [5.74, 6) is -2.05. The largest absolute Gasteiger partial charge is 0.505 e. The van der Waals surface area contributed by atoms with Gasteiger partial charge >= 0.3 is 0 Å². The van der Waals surface area contributed by atoms with Crippen LogP contribution in [0.1, 0.15) is 0 Å². The highest BCUT2D eigenvalue weighted by molar-refractivity contribution is 7.95. The van der Waals surface area contributed by atoms with Crippen molar-refractivity contribution in [3.05, 3.63) is 97.1 Å². The summed E-state index contributed by atoms with van der Waals surface area (Å²) in [6.45, 7) is 0. The number of fused-ring (bicyclic) bond motifs is 3. The molecule has 0 amide bonds. The summed E-state index contributed by atoms with van der Waals surface area (Å²) >= 11 is 1.38. The second-order valence-corrected chi connectivity index (χ2v) is 23.0. The van der Waals surface area contributed by atoms with Crippen LogP contribution in [0, 0.1) is 0 Å². The average molecular weight is 1300 g/mol. The number of phenols is 3. The van der Waals surface area contributed by atoms with E-state index in [4.69, 9.17) is 31.5 Å². The van der Waals surface area contributed by atoms with E-state index in [0.29, 0.717) is 41.9 Å². The number of hydrogen-bond donors (Lipinski definition) is 11. The van der Waals surface area contributed by atoms with Crippen LogP contribution >= 0.6 is 48.2 Å². The third kappa shape index (κ3) is 14.2. The number of anilines is 1. The molecule has 0 saturated carbocycles. The first kappa shape index (κ1) is 62.6. The minimum Gasteiger partial charge on any atom is -0.505 e. The van der Waals surface area contributed by atoms with Crippen LogP contribution in [0.5, 0.6) is 23.0 Å². The number of rotatable bonds is 24. The van der Waals surface area contributed by atoms with Crippen molar-refractivity contribution < 1.29 is 117 Å². The van der Waals surface area contributed by atoms with Crippen molar-refractivity contribution in [1.29, 1.82) is 0 Å². The van der Waals surface area contributed by atoms with Crippen molar-refractivity contribution in [3.63, 3.8) is 0 Å². The van der Waals surface area contributed by atoms with E-state index in [1.54, 1.807) is 0 Å². The predicted molar refractivity (Wildman–Crippen MR) is 289 cm³/mol.